The van der Waals surface area contributed by atoms with E-state index >= 15 is 0 Å². The summed E-state index contributed by atoms with van der Waals surface area (Å²) in [5.74, 6) is 0. The van der Waals surface area contributed by atoms with Gasteiger partial charge in [0.15, 0.2) is 0 Å². The number of nitrogens with one attached hydrogen (secondary N) is 1. The van der Waals surface area contributed by atoms with Crippen molar-refractivity contribution in [3.63, 3.8) is 0 Å². The SMILES string of the molecule is Cc1ccc(Cc2ccc(NC(=O)OCCO)cc2)cc1. The highest BCUT2D eigenvalue weighted by Crippen LogP contribution is 2.14. The van der Waals surface area contributed by atoms with Gasteiger partial charge in [-0.05, 0) is 36.6 Å². The number of aryl methyl sites for hydroxylation is 1. The summed E-state index contributed by atoms with van der Waals surface area (Å²) in [6, 6.07) is 16.1. The molecule has 0 aliphatic rings. The molecule has 1 amide bonds. The quantitative estimate of drug-likeness (QED) is 0.887. The third kappa shape index (κ3) is 4.93. The summed E-state index contributed by atoms with van der Waals surface area (Å²) in [6.07, 6.45) is 0.297. The lowest BCUT2D eigenvalue weighted by atomic mass is 10.0. The lowest BCUT2D eigenvalue weighted by molar-refractivity contribution is 0.131. The van der Waals surface area contributed by atoms with E-state index in [0.717, 1.165) is 6.42 Å². The molecule has 0 bridgehead atoms. The molecule has 0 aromatic heterocycles. The Balaban J connectivity index is 1.92. The molecule has 0 heterocycles. The van der Waals surface area contributed by atoms with Crippen LogP contribution in [0.25, 0.3) is 0 Å². The first kappa shape index (κ1) is 15.1. The van der Waals surface area contributed by atoms with E-state index in [2.05, 4.69) is 36.5 Å². The number of amides is 1. The van der Waals surface area contributed by atoms with Crippen molar-refractivity contribution in [2.75, 3.05) is 18.5 Å². The highest BCUT2D eigenvalue weighted by molar-refractivity contribution is 5.84. The van der Waals surface area contributed by atoms with Crippen LogP contribution in [0.15, 0.2) is 48.5 Å². The van der Waals surface area contributed by atoms with Crippen molar-refractivity contribution < 1.29 is 14.6 Å². The Bertz CT molecular complexity index is 576. The fourth-order valence-electron chi connectivity index (χ4n) is 1.94. The van der Waals surface area contributed by atoms with Gasteiger partial charge in [0.2, 0.25) is 0 Å². The molecule has 4 heteroatoms. The summed E-state index contributed by atoms with van der Waals surface area (Å²) in [4.78, 5) is 11.3. The van der Waals surface area contributed by atoms with Crippen molar-refractivity contribution >= 4 is 11.8 Å². The minimum Gasteiger partial charge on any atom is -0.447 e. The molecule has 2 rings (SSSR count). The molecule has 0 spiro atoms. The van der Waals surface area contributed by atoms with Crippen LogP contribution in [0.4, 0.5) is 10.5 Å². The molecule has 0 atom stereocenters. The van der Waals surface area contributed by atoms with Crippen LogP contribution in [0.2, 0.25) is 0 Å². The van der Waals surface area contributed by atoms with E-state index in [1.807, 2.05) is 24.3 Å². The maximum atomic E-state index is 11.3. The third-order valence-corrected chi connectivity index (χ3v) is 3.05. The van der Waals surface area contributed by atoms with Crippen molar-refractivity contribution in [1.82, 2.24) is 0 Å². The number of benzene rings is 2. The summed E-state index contributed by atoms with van der Waals surface area (Å²) in [5.41, 5.74) is 4.35. The minimum absolute atomic E-state index is 0.00264. The van der Waals surface area contributed by atoms with E-state index in [4.69, 9.17) is 9.84 Å². The molecular weight excluding hydrogens is 266 g/mol. The van der Waals surface area contributed by atoms with Gasteiger partial charge in [-0.3, -0.25) is 5.32 Å². The Labute approximate surface area is 124 Å². The smallest absolute Gasteiger partial charge is 0.411 e. The molecule has 110 valence electrons. The molecule has 0 fully saturated rings. The average Bonchev–Trinajstić information content (AvgIpc) is 2.49. The minimum atomic E-state index is -0.560. The number of carbonyl (C=O) groups excluding carboxylic acids is 1. The van der Waals surface area contributed by atoms with Crippen LogP contribution in [0.3, 0.4) is 0 Å². The van der Waals surface area contributed by atoms with E-state index in [-0.39, 0.29) is 13.2 Å². The average molecular weight is 285 g/mol. The Kier molecular flexibility index (Phi) is 5.35. The van der Waals surface area contributed by atoms with Crippen LogP contribution in [-0.2, 0) is 11.2 Å². The van der Waals surface area contributed by atoms with Gasteiger partial charge in [0.1, 0.15) is 6.61 Å². The van der Waals surface area contributed by atoms with E-state index in [0.29, 0.717) is 5.69 Å². The highest BCUT2D eigenvalue weighted by Gasteiger charge is 2.03. The number of ether oxygens (including phenoxy) is 1. The zero-order valence-electron chi connectivity index (χ0n) is 12.0. The van der Waals surface area contributed by atoms with E-state index in [1.165, 1.54) is 16.7 Å². The van der Waals surface area contributed by atoms with Gasteiger partial charge in [0, 0.05) is 5.69 Å². The predicted molar refractivity (Wildman–Crippen MR) is 82.5 cm³/mol. The normalized spacial score (nSPS) is 10.2. The second-order valence-electron chi connectivity index (χ2n) is 4.84. The predicted octanol–water partition coefficient (Wildman–Crippen LogP) is 3.13. The first-order chi connectivity index (χ1) is 10.2. The standard InChI is InChI=1S/C17H19NO3/c1-13-2-4-14(5-3-13)12-15-6-8-16(9-7-15)18-17(20)21-11-10-19/h2-9,19H,10-12H2,1H3,(H,18,20). The molecule has 0 saturated carbocycles. The molecule has 21 heavy (non-hydrogen) atoms. The van der Waals surface area contributed by atoms with Gasteiger partial charge in [0.05, 0.1) is 6.61 Å². The van der Waals surface area contributed by atoms with Crippen LogP contribution in [0.1, 0.15) is 16.7 Å². The number of aliphatic hydroxyl groups is 1. The first-order valence-electron chi connectivity index (χ1n) is 6.86. The Hall–Kier alpha value is -2.33. The molecule has 2 aromatic rings. The third-order valence-electron chi connectivity index (χ3n) is 3.05. The first-order valence-corrected chi connectivity index (χ1v) is 6.86. The van der Waals surface area contributed by atoms with Crippen LogP contribution < -0.4 is 5.32 Å². The molecule has 0 aliphatic carbocycles. The Morgan fingerprint density at radius 1 is 1.05 bits per heavy atom. The van der Waals surface area contributed by atoms with Gasteiger partial charge in [0.25, 0.3) is 0 Å². The number of anilines is 1. The molecule has 0 saturated heterocycles. The molecule has 2 aromatic carbocycles. The van der Waals surface area contributed by atoms with Crippen molar-refractivity contribution in [3.05, 3.63) is 65.2 Å². The van der Waals surface area contributed by atoms with Crippen molar-refractivity contribution in [2.24, 2.45) is 0 Å². The number of carbonyl (C=O) groups is 1. The van der Waals surface area contributed by atoms with Crippen molar-refractivity contribution in [1.29, 1.82) is 0 Å². The number of hydrogen-bond acceptors (Lipinski definition) is 3. The zero-order chi connectivity index (χ0) is 15.1. The van der Waals surface area contributed by atoms with Gasteiger partial charge in [-0.25, -0.2) is 4.79 Å². The highest BCUT2D eigenvalue weighted by atomic mass is 16.6. The van der Waals surface area contributed by atoms with Crippen molar-refractivity contribution in [3.8, 4) is 0 Å². The van der Waals surface area contributed by atoms with E-state index in [1.54, 1.807) is 0 Å². The molecule has 0 aliphatic heterocycles. The summed E-state index contributed by atoms with van der Waals surface area (Å²) in [6.45, 7) is 1.89. The van der Waals surface area contributed by atoms with E-state index < -0.39 is 6.09 Å². The van der Waals surface area contributed by atoms with Crippen LogP contribution in [-0.4, -0.2) is 24.4 Å². The molecule has 4 nitrogen and oxygen atoms in total. The lowest BCUT2D eigenvalue weighted by Crippen LogP contribution is -2.15. The maximum absolute atomic E-state index is 11.3. The van der Waals surface area contributed by atoms with Crippen LogP contribution in [0, 0.1) is 6.92 Å². The maximum Gasteiger partial charge on any atom is 0.411 e. The van der Waals surface area contributed by atoms with Gasteiger partial charge in [-0.2, -0.15) is 0 Å². The monoisotopic (exact) mass is 285 g/mol. The topological polar surface area (TPSA) is 58.6 Å². The van der Waals surface area contributed by atoms with Gasteiger partial charge < -0.3 is 9.84 Å². The number of hydrogen-bond donors (Lipinski definition) is 2. The molecule has 0 radical (unpaired) electrons. The fraction of sp³-hybridized carbons (Fsp3) is 0.235. The Morgan fingerprint density at radius 3 is 2.19 bits per heavy atom. The summed E-state index contributed by atoms with van der Waals surface area (Å²) in [5, 5.41) is 11.2. The fourth-order valence-corrected chi connectivity index (χ4v) is 1.94. The van der Waals surface area contributed by atoms with Crippen LogP contribution in [0.5, 0.6) is 0 Å². The summed E-state index contributed by atoms with van der Waals surface area (Å²) >= 11 is 0. The zero-order valence-corrected chi connectivity index (χ0v) is 12.0. The molecule has 0 unspecified atom stereocenters. The molecular formula is C17H19NO3. The van der Waals surface area contributed by atoms with Crippen LogP contribution >= 0.6 is 0 Å². The van der Waals surface area contributed by atoms with Gasteiger partial charge >= 0.3 is 6.09 Å². The summed E-state index contributed by atoms with van der Waals surface area (Å²) in [7, 11) is 0. The largest absolute Gasteiger partial charge is 0.447 e. The lowest BCUT2D eigenvalue weighted by Gasteiger charge is -2.07. The second-order valence-corrected chi connectivity index (χ2v) is 4.84. The molecule has 2 N–H and O–H groups in total. The van der Waals surface area contributed by atoms with E-state index in [9.17, 15) is 4.79 Å². The summed E-state index contributed by atoms with van der Waals surface area (Å²) < 4.78 is 4.73. The van der Waals surface area contributed by atoms with Crippen molar-refractivity contribution in [2.45, 2.75) is 13.3 Å². The number of rotatable bonds is 5. The number of aliphatic hydroxyl groups excluding tert-OH is 1. The van der Waals surface area contributed by atoms with Gasteiger partial charge in [-0.15, -0.1) is 0 Å². The van der Waals surface area contributed by atoms with Gasteiger partial charge in [-0.1, -0.05) is 42.0 Å². The Morgan fingerprint density at radius 2 is 1.62 bits per heavy atom. The second kappa shape index (κ2) is 7.45.